The molecule has 0 aliphatic heterocycles. The number of imidazole rings is 1. The number of halogens is 1. The number of nitrogens with one attached hydrogen (secondary N) is 1. The van der Waals surface area contributed by atoms with E-state index < -0.39 is 0 Å². The second kappa shape index (κ2) is 3.57. The first-order valence-electron chi connectivity index (χ1n) is 5.56. The molecule has 84 valence electrons. The number of rotatable bonds is 2. The van der Waals surface area contributed by atoms with E-state index in [1.807, 2.05) is 0 Å². The Bertz CT molecular complexity index is 542. The molecule has 1 aromatic heterocycles. The molecule has 3 N–H and O–H groups in total. The van der Waals surface area contributed by atoms with Crippen LogP contribution in [0, 0.1) is 12.8 Å². The maximum Gasteiger partial charge on any atom is 0.124 e. The lowest BCUT2D eigenvalue weighted by Gasteiger charge is -2.04. The molecule has 2 aromatic rings. The van der Waals surface area contributed by atoms with Crippen molar-refractivity contribution < 1.29 is 0 Å². The number of aryl methyl sites for hydroxylation is 1. The van der Waals surface area contributed by atoms with Crippen LogP contribution in [0.3, 0.4) is 0 Å². The lowest BCUT2D eigenvalue weighted by Crippen LogP contribution is -2.13. The summed E-state index contributed by atoms with van der Waals surface area (Å²) in [6, 6.07) is 4.21. The fourth-order valence-electron chi connectivity index (χ4n) is 2.10. The van der Waals surface area contributed by atoms with Crippen LogP contribution in [0.15, 0.2) is 16.6 Å². The van der Waals surface area contributed by atoms with E-state index in [-0.39, 0.29) is 6.04 Å². The van der Waals surface area contributed by atoms with Gasteiger partial charge in [-0.1, -0.05) is 15.9 Å². The molecule has 0 radical (unpaired) electrons. The van der Waals surface area contributed by atoms with Crippen LogP contribution in [-0.4, -0.2) is 9.97 Å². The summed E-state index contributed by atoms with van der Waals surface area (Å²) in [5, 5.41) is 0. The highest BCUT2D eigenvalue weighted by atomic mass is 79.9. The fourth-order valence-corrected chi connectivity index (χ4v) is 2.67. The van der Waals surface area contributed by atoms with Crippen LogP contribution in [0.5, 0.6) is 0 Å². The van der Waals surface area contributed by atoms with E-state index in [1.165, 1.54) is 18.4 Å². The molecule has 1 atom stereocenters. The highest BCUT2D eigenvalue weighted by Crippen LogP contribution is 2.39. The normalized spacial score (nSPS) is 17.9. The highest BCUT2D eigenvalue weighted by molar-refractivity contribution is 9.10. The van der Waals surface area contributed by atoms with Gasteiger partial charge in [0.25, 0.3) is 0 Å². The van der Waals surface area contributed by atoms with Crippen molar-refractivity contribution in [3.8, 4) is 0 Å². The highest BCUT2D eigenvalue weighted by Gasteiger charge is 2.31. The molecule has 3 rings (SSSR count). The van der Waals surface area contributed by atoms with E-state index in [2.05, 4.69) is 45.0 Å². The van der Waals surface area contributed by atoms with Crippen molar-refractivity contribution in [2.24, 2.45) is 11.7 Å². The predicted octanol–water partition coefficient (Wildman–Crippen LogP) is 3.04. The Morgan fingerprint density at radius 3 is 2.94 bits per heavy atom. The zero-order chi connectivity index (χ0) is 11.3. The predicted molar refractivity (Wildman–Crippen MR) is 68.2 cm³/mol. The van der Waals surface area contributed by atoms with Gasteiger partial charge in [0.1, 0.15) is 5.82 Å². The monoisotopic (exact) mass is 279 g/mol. The van der Waals surface area contributed by atoms with Crippen LogP contribution in [0.4, 0.5) is 0 Å². The first kappa shape index (κ1) is 10.3. The molecule has 1 heterocycles. The van der Waals surface area contributed by atoms with Crippen LogP contribution >= 0.6 is 15.9 Å². The van der Waals surface area contributed by atoms with Gasteiger partial charge in [-0.25, -0.2) is 4.98 Å². The molecule has 1 saturated carbocycles. The van der Waals surface area contributed by atoms with Gasteiger partial charge in [0.15, 0.2) is 0 Å². The summed E-state index contributed by atoms with van der Waals surface area (Å²) in [4.78, 5) is 7.95. The largest absolute Gasteiger partial charge is 0.341 e. The van der Waals surface area contributed by atoms with Crippen LogP contribution in [0.2, 0.25) is 0 Å². The number of aromatic amines is 1. The number of fused-ring (bicyclic) bond motifs is 1. The third kappa shape index (κ3) is 1.66. The van der Waals surface area contributed by atoms with Crippen molar-refractivity contribution in [1.82, 2.24) is 9.97 Å². The Hall–Kier alpha value is -0.870. The number of hydrogen-bond acceptors (Lipinski definition) is 2. The minimum Gasteiger partial charge on any atom is -0.341 e. The van der Waals surface area contributed by atoms with E-state index in [0.717, 1.165) is 21.3 Å². The zero-order valence-corrected chi connectivity index (χ0v) is 10.7. The minimum atomic E-state index is 0.0746. The van der Waals surface area contributed by atoms with Gasteiger partial charge in [-0.15, -0.1) is 0 Å². The van der Waals surface area contributed by atoms with Gasteiger partial charge in [0, 0.05) is 4.47 Å². The standard InChI is InChI=1S/C12H14BrN3/c1-6-4-8(13)5-9-11(6)16-12(15-9)10(14)7-2-3-7/h4-5,7,10H,2-3,14H2,1H3,(H,15,16). The van der Waals surface area contributed by atoms with Crippen LogP contribution in [-0.2, 0) is 0 Å². The SMILES string of the molecule is Cc1cc(Br)cc2[nH]c(C(N)C3CC3)nc12. The average Bonchev–Trinajstić information content (AvgIpc) is 2.97. The molecule has 0 amide bonds. The first-order valence-corrected chi connectivity index (χ1v) is 6.36. The molecule has 0 bridgehead atoms. The maximum absolute atomic E-state index is 6.15. The molecule has 16 heavy (non-hydrogen) atoms. The van der Waals surface area contributed by atoms with Crippen LogP contribution in [0.1, 0.15) is 30.3 Å². The van der Waals surface area contributed by atoms with Crippen molar-refractivity contribution >= 4 is 27.0 Å². The second-order valence-corrected chi connectivity index (χ2v) is 5.52. The van der Waals surface area contributed by atoms with Crippen molar-refractivity contribution in [1.29, 1.82) is 0 Å². The number of hydrogen-bond donors (Lipinski definition) is 2. The van der Waals surface area contributed by atoms with E-state index in [4.69, 9.17) is 5.73 Å². The Morgan fingerprint density at radius 1 is 1.50 bits per heavy atom. The molecule has 3 nitrogen and oxygen atoms in total. The third-order valence-corrected chi connectivity index (χ3v) is 3.66. The van der Waals surface area contributed by atoms with Gasteiger partial charge in [-0.3, -0.25) is 0 Å². The molecule has 1 aliphatic rings. The van der Waals surface area contributed by atoms with Gasteiger partial charge in [0.05, 0.1) is 17.1 Å². The minimum absolute atomic E-state index is 0.0746. The summed E-state index contributed by atoms with van der Waals surface area (Å²) in [7, 11) is 0. The van der Waals surface area contributed by atoms with Crippen molar-refractivity contribution in [2.75, 3.05) is 0 Å². The molecule has 1 fully saturated rings. The molecule has 0 saturated heterocycles. The summed E-state index contributed by atoms with van der Waals surface area (Å²) in [6.07, 6.45) is 2.47. The van der Waals surface area contributed by atoms with Crippen molar-refractivity contribution in [2.45, 2.75) is 25.8 Å². The lowest BCUT2D eigenvalue weighted by molar-refractivity contribution is 0.602. The van der Waals surface area contributed by atoms with Gasteiger partial charge in [0.2, 0.25) is 0 Å². The van der Waals surface area contributed by atoms with E-state index in [1.54, 1.807) is 0 Å². The van der Waals surface area contributed by atoms with Gasteiger partial charge < -0.3 is 10.7 Å². The average molecular weight is 280 g/mol. The summed E-state index contributed by atoms with van der Waals surface area (Å²) < 4.78 is 1.08. The number of aromatic nitrogens is 2. The maximum atomic E-state index is 6.15. The number of H-pyrrole nitrogens is 1. The topological polar surface area (TPSA) is 54.7 Å². The third-order valence-electron chi connectivity index (χ3n) is 3.21. The van der Waals surface area contributed by atoms with Crippen molar-refractivity contribution in [3.63, 3.8) is 0 Å². The summed E-state index contributed by atoms with van der Waals surface area (Å²) in [6.45, 7) is 2.07. The zero-order valence-electron chi connectivity index (χ0n) is 9.13. The Kier molecular flexibility index (Phi) is 2.30. The second-order valence-electron chi connectivity index (χ2n) is 4.60. The molecule has 1 unspecified atom stereocenters. The molecule has 1 aromatic carbocycles. The van der Waals surface area contributed by atoms with Crippen LogP contribution < -0.4 is 5.73 Å². The number of benzene rings is 1. The number of nitrogens with zero attached hydrogens (tertiary/aromatic N) is 1. The Balaban J connectivity index is 2.11. The molecule has 1 aliphatic carbocycles. The van der Waals surface area contributed by atoms with Crippen molar-refractivity contribution in [3.05, 3.63) is 28.0 Å². The summed E-state index contributed by atoms with van der Waals surface area (Å²) in [5.74, 6) is 1.56. The molecular formula is C12H14BrN3. The molecule has 0 spiro atoms. The fraction of sp³-hybridized carbons (Fsp3) is 0.417. The smallest absolute Gasteiger partial charge is 0.124 e. The number of nitrogens with two attached hydrogens (primary N) is 1. The molecule has 4 heteroatoms. The Labute approximate surface area is 103 Å². The van der Waals surface area contributed by atoms with E-state index >= 15 is 0 Å². The van der Waals surface area contributed by atoms with E-state index in [0.29, 0.717) is 5.92 Å². The van der Waals surface area contributed by atoms with Gasteiger partial charge in [-0.05, 0) is 43.4 Å². The van der Waals surface area contributed by atoms with Gasteiger partial charge in [-0.2, -0.15) is 0 Å². The summed E-state index contributed by atoms with van der Waals surface area (Å²) in [5.41, 5.74) is 9.43. The van der Waals surface area contributed by atoms with Crippen LogP contribution in [0.25, 0.3) is 11.0 Å². The van der Waals surface area contributed by atoms with Gasteiger partial charge >= 0.3 is 0 Å². The molecular weight excluding hydrogens is 266 g/mol. The Morgan fingerprint density at radius 2 is 2.25 bits per heavy atom. The first-order chi connectivity index (χ1) is 7.65. The lowest BCUT2D eigenvalue weighted by atomic mass is 10.2. The summed E-state index contributed by atoms with van der Waals surface area (Å²) >= 11 is 3.49. The van der Waals surface area contributed by atoms with E-state index in [9.17, 15) is 0 Å². The quantitative estimate of drug-likeness (QED) is 0.888.